The van der Waals surface area contributed by atoms with Gasteiger partial charge in [0.15, 0.2) is 0 Å². The molecule has 1 amide bonds. The third kappa shape index (κ3) is 5.56. The maximum absolute atomic E-state index is 12.0. The fraction of sp³-hybridized carbons (Fsp3) is 0.818. The standard InChI is InChI=1S/C11H22N6OS/c1-8(9(18)13-11(2,3)4)19-10-14-15-16-17(10)7-6-12-5/h8,12H,6-7H2,1-5H3,(H,13,18). The fourth-order valence-corrected chi connectivity index (χ4v) is 2.14. The molecule has 0 saturated carbocycles. The highest BCUT2D eigenvalue weighted by atomic mass is 32.2. The van der Waals surface area contributed by atoms with Gasteiger partial charge < -0.3 is 10.6 Å². The van der Waals surface area contributed by atoms with Gasteiger partial charge in [-0.25, -0.2) is 4.68 Å². The lowest BCUT2D eigenvalue weighted by atomic mass is 10.1. The van der Waals surface area contributed by atoms with Crippen molar-refractivity contribution in [1.82, 2.24) is 30.8 Å². The van der Waals surface area contributed by atoms with Gasteiger partial charge in [0, 0.05) is 12.1 Å². The van der Waals surface area contributed by atoms with E-state index in [9.17, 15) is 4.79 Å². The molecule has 0 aliphatic carbocycles. The van der Waals surface area contributed by atoms with Crippen molar-refractivity contribution in [2.75, 3.05) is 13.6 Å². The van der Waals surface area contributed by atoms with E-state index in [2.05, 4.69) is 26.2 Å². The molecule has 1 aromatic rings. The molecule has 0 aliphatic rings. The van der Waals surface area contributed by atoms with Crippen molar-refractivity contribution in [3.8, 4) is 0 Å². The molecule has 0 radical (unpaired) electrons. The average molecular weight is 286 g/mol. The lowest BCUT2D eigenvalue weighted by Crippen LogP contribution is -2.44. The smallest absolute Gasteiger partial charge is 0.233 e. The van der Waals surface area contributed by atoms with E-state index in [1.807, 2.05) is 34.7 Å². The first-order valence-corrected chi connectivity index (χ1v) is 7.11. The highest BCUT2D eigenvalue weighted by Gasteiger charge is 2.22. The second-order valence-electron chi connectivity index (χ2n) is 5.29. The van der Waals surface area contributed by atoms with Gasteiger partial charge in [-0.1, -0.05) is 11.8 Å². The van der Waals surface area contributed by atoms with E-state index in [0.29, 0.717) is 11.7 Å². The quantitative estimate of drug-likeness (QED) is 0.731. The lowest BCUT2D eigenvalue weighted by Gasteiger charge is -2.22. The summed E-state index contributed by atoms with van der Waals surface area (Å²) < 4.78 is 1.70. The summed E-state index contributed by atoms with van der Waals surface area (Å²) in [6.07, 6.45) is 0. The molecule has 1 aromatic heterocycles. The van der Waals surface area contributed by atoms with Crippen LogP contribution in [0, 0.1) is 0 Å². The molecule has 1 heterocycles. The summed E-state index contributed by atoms with van der Waals surface area (Å²) in [6.45, 7) is 9.18. The molecule has 1 rings (SSSR count). The maximum Gasteiger partial charge on any atom is 0.233 e. The minimum Gasteiger partial charge on any atom is -0.351 e. The number of hydrogen-bond acceptors (Lipinski definition) is 6. The molecule has 19 heavy (non-hydrogen) atoms. The third-order valence-electron chi connectivity index (χ3n) is 2.22. The zero-order chi connectivity index (χ0) is 14.5. The van der Waals surface area contributed by atoms with Crippen LogP contribution in [-0.2, 0) is 11.3 Å². The minimum absolute atomic E-state index is 0.0133. The lowest BCUT2D eigenvalue weighted by molar-refractivity contribution is -0.121. The number of thioether (sulfide) groups is 1. The monoisotopic (exact) mass is 286 g/mol. The fourth-order valence-electron chi connectivity index (χ4n) is 1.32. The number of rotatable bonds is 6. The van der Waals surface area contributed by atoms with Crippen LogP contribution >= 0.6 is 11.8 Å². The van der Waals surface area contributed by atoms with Gasteiger partial charge >= 0.3 is 0 Å². The van der Waals surface area contributed by atoms with Gasteiger partial charge in [0.25, 0.3) is 0 Å². The Morgan fingerprint density at radius 2 is 2.16 bits per heavy atom. The largest absolute Gasteiger partial charge is 0.351 e. The predicted octanol–water partition coefficient (Wildman–Crippen LogP) is 0.288. The Labute approximate surface area is 117 Å². The summed E-state index contributed by atoms with van der Waals surface area (Å²) in [5, 5.41) is 17.9. The second-order valence-corrected chi connectivity index (χ2v) is 6.60. The van der Waals surface area contributed by atoms with Crippen molar-refractivity contribution >= 4 is 17.7 Å². The van der Waals surface area contributed by atoms with Gasteiger partial charge in [0.2, 0.25) is 11.1 Å². The SMILES string of the molecule is CNCCn1nnnc1SC(C)C(=O)NC(C)(C)C. The van der Waals surface area contributed by atoms with E-state index >= 15 is 0 Å². The van der Waals surface area contributed by atoms with Crippen LogP contribution in [-0.4, -0.2) is 50.5 Å². The van der Waals surface area contributed by atoms with Crippen molar-refractivity contribution < 1.29 is 4.79 Å². The molecule has 1 unspecified atom stereocenters. The van der Waals surface area contributed by atoms with Crippen LogP contribution < -0.4 is 10.6 Å². The van der Waals surface area contributed by atoms with Crippen molar-refractivity contribution in [2.45, 2.75) is 50.2 Å². The molecule has 8 heteroatoms. The zero-order valence-corrected chi connectivity index (χ0v) is 12.9. The van der Waals surface area contributed by atoms with E-state index in [1.54, 1.807) is 4.68 Å². The summed E-state index contributed by atoms with van der Waals surface area (Å²) in [6, 6.07) is 0. The summed E-state index contributed by atoms with van der Waals surface area (Å²) >= 11 is 1.36. The summed E-state index contributed by atoms with van der Waals surface area (Å²) in [5.41, 5.74) is -0.232. The summed E-state index contributed by atoms with van der Waals surface area (Å²) in [7, 11) is 1.87. The molecule has 0 aromatic carbocycles. The van der Waals surface area contributed by atoms with Crippen LogP contribution in [0.3, 0.4) is 0 Å². The molecule has 0 fully saturated rings. The topological polar surface area (TPSA) is 84.7 Å². The Morgan fingerprint density at radius 1 is 1.47 bits per heavy atom. The number of tetrazole rings is 1. The molecule has 108 valence electrons. The predicted molar refractivity (Wildman–Crippen MR) is 75.0 cm³/mol. The van der Waals surface area contributed by atoms with Crippen LogP contribution in [0.2, 0.25) is 0 Å². The zero-order valence-electron chi connectivity index (χ0n) is 12.1. The highest BCUT2D eigenvalue weighted by molar-refractivity contribution is 8.00. The molecule has 2 N–H and O–H groups in total. The molecule has 0 spiro atoms. The Bertz CT molecular complexity index is 414. The normalized spacial score (nSPS) is 13.3. The number of hydrogen-bond donors (Lipinski definition) is 2. The summed E-state index contributed by atoms with van der Waals surface area (Å²) in [5.74, 6) is -0.0133. The molecule has 7 nitrogen and oxygen atoms in total. The Morgan fingerprint density at radius 3 is 2.74 bits per heavy atom. The minimum atomic E-state index is -0.237. The van der Waals surface area contributed by atoms with Crippen molar-refractivity contribution in [3.63, 3.8) is 0 Å². The number of nitrogens with one attached hydrogen (secondary N) is 2. The van der Waals surface area contributed by atoms with Gasteiger partial charge in [-0.05, 0) is 45.2 Å². The molecular weight excluding hydrogens is 264 g/mol. The highest BCUT2D eigenvalue weighted by Crippen LogP contribution is 2.20. The Kier molecular flexibility index (Phi) is 5.74. The Balaban J connectivity index is 2.59. The van der Waals surface area contributed by atoms with E-state index in [0.717, 1.165) is 6.54 Å². The van der Waals surface area contributed by atoms with Gasteiger partial charge in [-0.2, -0.15) is 0 Å². The van der Waals surface area contributed by atoms with Crippen LogP contribution in [0.15, 0.2) is 5.16 Å². The first-order valence-electron chi connectivity index (χ1n) is 6.23. The van der Waals surface area contributed by atoms with Crippen LogP contribution in [0.1, 0.15) is 27.7 Å². The third-order valence-corrected chi connectivity index (χ3v) is 3.29. The number of nitrogens with zero attached hydrogens (tertiary/aromatic N) is 4. The molecular formula is C11H22N6OS. The Hall–Kier alpha value is -1.15. The molecule has 0 bridgehead atoms. The number of amides is 1. The number of likely N-dealkylation sites (N-methyl/N-ethyl adjacent to an activating group) is 1. The van der Waals surface area contributed by atoms with E-state index in [-0.39, 0.29) is 16.7 Å². The molecule has 0 saturated heterocycles. The summed E-state index contributed by atoms with van der Waals surface area (Å²) in [4.78, 5) is 12.0. The number of aromatic nitrogens is 4. The average Bonchev–Trinajstić information content (AvgIpc) is 2.71. The van der Waals surface area contributed by atoms with Crippen molar-refractivity contribution in [1.29, 1.82) is 0 Å². The van der Waals surface area contributed by atoms with Crippen LogP contribution in [0.5, 0.6) is 0 Å². The first-order chi connectivity index (χ1) is 8.83. The van der Waals surface area contributed by atoms with Gasteiger partial charge in [-0.15, -0.1) is 5.10 Å². The van der Waals surface area contributed by atoms with Crippen LogP contribution in [0.4, 0.5) is 0 Å². The van der Waals surface area contributed by atoms with Gasteiger partial charge in [0.1, 0.15) is 0 Å². The molecule has 1 atom stereocenters. The number of carbonyl (C=O) groups is 1. The van der Waals surface area contributed by atoms with E-state index in [4.69, 9.17) is 0 Å². The maximum atomic E-state index is 12.0. The van der Waals surface area contributed by atoms with E-state index in [1.165, 1.54) is 11.8 Å². The number of carbonyl (C=O) groups excluding carboxylic acids is 1. The first kappa shape index (κ1) is 15.9. The van der Waals surface area contributed by atoms with Crippen molar-refractivity contribution in [2.24, 2.45) is 0 Å². The van der Waals surface area contributed by atoms with E-state index < -0.39 is 0 Å². The molecule has 0 aliphatic heterocycles. The van der Waals surface area contributed by atoms with Crippen molar-refractivity contribution in [3.05, 3.63) is 0 Å². The van der Waals surface area contributed by atoms with Crippen LogP contribution in [0.25, 0.3) is 0 Å². The second kappa shape index (κ2) is 6.85. The van der Waals surface area contributed by atoms with Gasteiger partial charge in [-0.3, -0.25) is 4.79 Å². The van der Waals surface area contributed by atoms with Gasteiger partial charge in [0.05, 0.1) is 11.8 Å².